The number of thioether (sulfide) groups is 1. The van der Waals surface area contributed by atoms with Crippen LogP contribution in [0, 0.1) is 11.3 Å². The zero-order valence-corrected chi connectivity index (χ0v) is 12.4. The lowest BCUT2D eigenvalue weighted by Gasteiger charge is -2.27. The minimum Gasteiger partial charge on any atom is -0.480 e. The van der Waals surface area contributed by atoms with E-state index in [0.717, 1.165) is 0 Å². The Morgan fingerprint density at radius 2 is 2.11 bits per heavy atom. The molecule has 0 spiro atoms. The molecule has 0 aromatic rings. The summed E-state index contributed by atoms with van der Waals surface area (Å²) >= 11 is 1.53. The summed E-state index contributed by atoms with van der Waals surface area (Å²) in [4.78, 5) is 24.5. The Labute approximate surface area is 118 Å². The predicted molar refractivity (Wildman–Crippen MR) is 75.0 cm³/mol. The van der Waals surface area contributed by atoms with E-state index in [4.69, 9.17) is 10.4 Å². The first-order valence-electron chi connectivity index (χ1n) is 6.09. The number of nitrogens with zero attached hydrogens (tertiary/aromatic N) is 2. The number of carboxylic acid groups (broad SMARTS) is 1. The quantitative estimate of drug-likeness (QED) is 0.706. The van der Waals surface area contributed by atoms with E-state index in [1.54, 1.807) is 0 Å². The van der Waals surface area contributed by atoms with Gasteiger partial charge >= 0.3 is 12.0 Å². The Balaban J connectivity index is 4.57. The maximum absolute atomic E-state index is 12.0. The molecule has 19 heavy (non-hydrogen) atoms. The second-order valence-electron chi connectivity index (χ2n) is 4.32. The largest absolute Gasteiger partial charge is 0.480 e. The Bertz CT molecular complexity index is 342. The lowest BCUT2D eigenvalue weighted by molar-refractivity contribution is -0.139. The molecule has 0 aromatic carbocycles. The maximum Gasteiger partial charge on any atom is 0.326 e. The van der Waals surface area contributed by atoms with Gasteiger partial charge in [-0.15, -0.1) is 0 Å². The molecule has 108 valence electrons. The third-order valence-corrected chi connectivity index (χ3v) is 3.20. The molecule has 0 fully saturated rings. The Morgan fingerprint density at radius 1 is 1.47 bits per heavy atom. The van der Waals surface area contributed by atoms with Gasteiger partial charge < -0.3 is 15.3 Å². The van der Waals surface area contributed by atoms with Gasteiger partial charge in [-0.1, -0.05) is 0 Å². The van der Waals surface area contributed by atoms with Crippen molar-refractivity contribution in [3.05, 3.63) is 0 Å². The van der Waals surface area contributed by atoms with Crippen LogP contribution in [0.3, 0.4) is 0 Å². The molecule has 2 N–H and O–H groups in total. The molecule has 6 nitrogen and oxygen atoms in total. The number of nitrogens with one attached hydrogen (secondary N) is 1. The standard InChI is InChI=1S/C12H21N3O3S/c1-9(2)15(7-4-6-13)12(18)14-10(11(16)17)5-8-19-3/h9-10H,4-5,7-8H2,1-3H3,(H,14,18)(H,16,17). The van der Waals surface area contributed by atoms with E-state index in [0.29, 0.717) is 18.7 Å². The lowest BCUT2D eigenvalue weighted by Crippen LogP contribution is -2.50. The number of amides is 2. The van der Waals surface area contributed by atoms with Crippen molar-refractivity contribution in [3.8, 4) is 6.07 Å². The van der Waals surface area contributed by atoms with Crippen LogP contribution in [-0.2, 0) is 4.79 Å². The summed E-state index contributed by atoms with van der Waals surface area (Å²) in [5.41, 5.74) is 0. The van der Waals surface area contributed by atoms with Gasteiger partial charge in [-0.3, -0.25) is 0 Å². The van der Waals surface area contributed by atoms with Crippen LogP contribution in [-0.4, -0.2) is 52.6 Å². The molecule has 0 heterocycles. The number of hydrogen-bond donors (Lipinski definition) is 2. The van der Waals surface area contributed by atoms with Gasteiger partial charge in [0.2, 0.25) is 0 Å². The van der Waals surface area contributed by atoms with Crippen molar-refractivity contribution in [2.45, 2.75) is 38.8 Å². The van der Waals surface area contributed by atoms with Crippen molar-refractivity contribution in [2.75, 3.05) is 18.6 Å². The molecule has 0 aromatic heterocycles. The smallest absolute Gasteiger partial charge is 0.326 e. The Morgan fingerprint density at radius 3 is 2.53 bits per heavy atom. The number of carboxylic acids is 1. The van der Waals surface area contributed by atoms with Crippen molar-refractivity contribution >= 4 is 23.8 Å². The first-order chi connectivity index (χ1) is 8.93. The first kappa shape index (κ1) is 17.6. The normalized spacial score (nSPS) is 11.7. The molecule has 0 rings (SSSR count). The zero-order valence-electron chi connectivity index (χ0n) is 11.5. The van der Waals surface area contributed by atoms with E-state index in [1.165, 1.54) is 16.7 Å². The molecule has 2 amide bonds. The topological polar surface area (TPSA) is 93.4 Å². The monoisotopic (exact) mass is 287 g/mol. The van der Waals surface area contributed by atoms with Gasteiger partial charge in [-0.25, -0.2) is 9.59 Å². The molecular weight excluding hydrogens is 266 g/mol. The lowest BCUT2D eigenvalue weighted by atomic mass is 10.2. The summed E-state index contributed by atoms with van der Waals surface area (Å²) in [5.74, 6) is -0.372. The number of carbonyl (C=O) groups is 2. The minimum atomic E-state index is -1.04. The highest BCUT2D eigenvalue weighted by atomic mass is 32.2. The van der Waals surface area contributed by atoms with Crippen LogP contribution in [0.5, 0.6) is 0 Å². The van der Waals surface area contributed by atoms with Gasteiger partial charge in [0, 0.05) is 12.6 Å². The van der Waals surface area contributed by atoms with E-state index in [-0.39, 0.29) is 12.5 Å². The van der Waals surface area contributed by atoms with Gasteiger partial charge in [-0.05, 0) is 32.3 Å². The average molecular weight is 287 g/mol. The van der Waals surface area contributed by atoms with Crippen LogP contribution in [0.2, 0.25) is 0 Å². The molecule has 0 aliphatic heterocycles. The van der Waals surface area contributed by atoms with Crippen LogP contribution in [0.1, 0.15) is 26.7 Å². The van der Waals surface area contributed by atoms with Crippen LogP contribution in [0.25, 0.3) is 0 Å². The minimum absolute atomic E-state index is 0.0802. The predicted octanol–water partition coefficient (Wildman–Crippen LogP) is 1.53. The molecule has 1 atom stereocenters. The number of nitriles is 1. The summed E-state index contributed by atoms with van der Waals surface area (Å²) in [7, 11) is 0. The van der Waals surface area contributed by atoms with Crippen molar-refractivity contribution < 1.29 is 14.7 Å². The third kappa shape index (κ3) is 6.91. The zero-order chi connectivity index (χ0) is 14.8. The molecule has 0 bridgehead atoms. The van der Waals surface area contributed by atoms with Gasteiger partial charge in [0.15, 0.2) is 0 Å². The number of hydrogen-bond acceptors (Lipinski definition) is 4. The van der Waals surface area contributed by atoms with Crippen LogP contribution in [0.4, 0.5) is 4.79 Å². The number of urea groups is 1. The fourth-order valence-electron chi connectivity index (χ4n) is 1.49. The van der Waals surface area contributed by atoms with E-state index < -0.39 is 18.0 Å². The fraction of sp³-hybridized carbons (Fsp3) is 0.750. The van der Waals surface area contributed by atoms with Crippen LogP contribution >= 0.6 is 11.8 Å². The molecule has 1 unspecified atom stereocenters. The fourth-order valence-corrected chi connectivity index (χ4v) is 1.96. The highest BCUT2D eigenvalue weighted by Crippen LogP contribution is 2.05. The molecule has 0 aliphatic rings. The Kier molecular flexibility index (Phi) is 8.79. The van der Waals surface area contributed by atoms with E-state index >= 15 is 0 Å². The average Bonchev–Trinajstić information content (AvgIpc) is 2.34. The van der Waals surface area contributed by atoms with E-state index in [9.17, 15) is 9.59 Å². The van der Waals surface area contributed by atoms with Gasteiger partial charge in [0.05, 0.1) is 12.5 Å². The highest BCUT2D eigenvalue weighted by Gasteiger charge is 2.23. The van der Waals surface area contributed by atoms with Crippen molar-refractivity contribution in [1.82, 2.24) is 10.2 Å². The van der Waals surface area contributed by atoms with Gasteiger partial charge in [0.25, 0.3) is 0 Å². The number of carbonyl (C=O) groups excluding carboxylic acids is 1. The summed E-state index contributed by atoms with van der Waals surface area (Å²) in [6.45, 7) is 3.96. The van der Waals surface area contributed by atoms with Gasteiger partial charge in [0.1, 0.15) is 6.04 Å². The summed E-state index contributed by atoms with van der Waals surface area (Å²) in [6, 6.07) is 0.579. The van der Waals surface area contributed by atoms with Crippen molar-refractivity contribution in [2.24, 2.45) is 0 Å². The molecule has 0 saturated heterocycles. The van der Waals surface area contributed by atoms with Crippen LogP contribution < -0.4 is 5.32 Å². The van der Waals surface area contributed by atoms with E-state index in [2.05, 4.69) is 5.32 Å². The summed E-state index contributed by atoms with van der Waals surface area (Å²) < 4.78 is 0. The summed E-state index contributed by atoms with van der Waals surface area (Å²) in [6.07, 6.45) is 2.49. The Hall–Kier alpha value is -1.42. The highest BCUT2D eigenvalue weighted by molar-refractivity contribution is 7.98. The second kappa shape index (κ2) is 9.50. The molecule has 7 heteroatoms. The van der Waals surface area contributed by atoms with Crippen LogP contribution in [0.15, 0.2) is 0 Å². The number of rotatable bonds is 8. The third-order valence-electron chi connectivity index (χ3n) is 2.56. The molecular formula is C12H21N3O3S. The molecule has 0 saturated carbocycles. The van der Waals surface area contributed by atoms with Gasteiger partial charge in [-0.2, -0.15) is 17.0 Å². The van der Waals surface area contributed by atoms with Crippen molar-refractivity contribution in [3.63, 3.8) is 0 Å². The van der Waals surface area contributed by atoms with E-state index in [1.807, 2.05) is 26.2 Å². The maximum atomic E-state index is 12.0. The SMILES string of the molecule is CSCCC(NC(=O)N(CCC#N)C(C)C)C(=O)O. The summed E-state index contributed by atoms with van der Waals surface area (Å²) in [5, 5.41) is 20.1. The number of aliphatic carboxylic acids is 1. The second-order valence-corrected chi connectivity index (χ2v) is 5.30. The first-order valence-corrected chi connectivity index (χ1v) is 7.49. The van der Waals surface area contributed by atoms with Crippen molar-refractivity contribution in [1.29, 1.82) is 5.26 Å². The molecule has 0 aliphatic carbocycles. The molecule has 0 radical (unpaired) electrons.